The molecule has 7 heteroatoms. The van der Waals surface area contributed by atoms with E-state index in [0.717, 1.165) is 24.5 Å². The molecule has 0 amide bonds. The fraction of sp³-hybridized carbons (Fsp3) is 0.615. The molecular formula is C13H20N2O4S. The van der Waals surface area contributed by atoms with Gasteiger partial charge in [0.1, 0.15) is 15.6 Å². The minimum Gasteiger partial charge on any atom is -0.492 e. The average Bonchev–Trinajstić information content (AvgIpc) is 3.02. The van der Waals surface area contributed by atoms with Gasteiger partial charge in [0.05, 0.1) is 19.8 Å². The molecule has 20 heavy (non-hydrogen) atoms. The van der Waals surface area contributed by atoms with Crippen molar-refractivity contribution in [2.45, 2.75) is 19.4 Å². The van der Waals surface area contributed by atoms with Crippen molar-refractivity contribution in [1.82, 2.24) is 0 Å². The second kappa shape index (κ2) is 6.32. The zero-order valence-corrected chi connectivity index (χ0v) is 12.8. The van der Waals surface area contributed by atoms with Gasteiger partial charge in [-0.15, -0.1) is 11.3 Å². The van der Waals surface area contributed by atoms with E-state index in [9.17, 15) is 4.79 Å². The van der Waals surface area contributed by atoms with Crippen molar-refractivity contribution in [2.75, 3.05) is 44.5 Å². The number of rotatable bonds is 5. The van der Waals surface area contributed by atoms with E-state index in [2.05, 4.69) is 4.90 Å². The van der Waals surface area contributed by atoms with Crippen LogP contribution in [0.4, 0.5) is 10.7 Å². The van der Waals surface area contributed by atoms with Crippen molar-refractivity contribution in [2.24, 2.45) is 0 Å². The normalized spacial score (nSPS) is 18.4. The molecule has 0 radical (unpaired) electrons. The summed E-state index contributed by atoms with van der Waals surface area (Å²) in [7, 11) is 3.26. The highest BCUT2D eigenvalue weighted by Crippen LogP contribution is 2.46. The van der Waals surface area contributed by atoms with Crippen LogP contribution >= 0.6 is 11.3 Å². The topological polar surface area (TPSA) is 74.0 Å². The summed E-state index contributed by atoms with van der Waals surface area (Å²) < 4.78 is 15.7. The van der Waals surface area contributed by atoms with Crippen LogP contribution in [0.15, 0.2) is 0 Å². The molecule has 112 valence electrons. The Labute approximate surface area is 122 Å². The number of carbonyl (C=O) groups is 1. The highest BCUT2D eigenvalue weighted by atomic mass is 32.1. The third-order valence-electron chi connectivity index (χ3n) is 3.31. The Morgan fingerprint density at radius 2 is 2.25 bits per heavy atom. The second-order valence-corrected chi connectivity index (χ2v) is 5.50. The van der Waals surface area contributed by atoms with Crippen molar-refractivity contribution in [3.63, 3.8) is 0 Å². The molecule has 1 aliphatic rings. The number of nitrogen functional groups attached to an aromatic ring is 1. The maximum absolute atomic E-state index is 11.9. The van der Waals surface area contributed by atoms with Gasteiger partial charge < -0.3 is 24.8 Å². The molecule has 1 aromatic heterocycles. The number of hydrogen-bond donors (Lipinski definition) is 1. The van der Waals surface area contributed by atoms with Gasteiger partial charge in [-0.3, -0.25) is 0 Å². The van der Waals surface area contributed by atoms with Gasteiger partial charge in [-0.05, 0) is 13.3 Å². The predicted molar refractivity (Wildman–Crippen MR) is 78.9 cm³/mol. The quantitative estimate of drug-likeness (QED) is 0.835. The summed E-state index contributed by atoms with van der Waals surface area (Å²) in [6.07, 6.45) is 1.15. The van der Waals surface area contributed by atoms with Gasteiger partial charge in [0.15, 0.2) is 5.75 Å². The maximum Gasteiger partial charge on any atom is 0.350 e. The van der Waals surface area contributed by atoms with E-state index < -0.39 is 5.97 Å². The summed E-state index contributed by atoms with van der Waals surface area (Å²) >= 11 is 1.31. The fourth-order valence-corrected chi connectivity index (χ4v) is 3.39. The van der Waals surface area contributed by atoms with Crippen LogP contribution in [-0.2, 0) is 9.47 Å². The molecule has 2 N–H and O–H groups in total. The Hall–Kier alpha value is -1.47. The minimum absolute atomic E-state index is 0.203. The van der Waals surface area contributed by atoms with E-state index >= 15 is 0 Å². The van der Waals surface area contributed by atoms with E-state index in [-0.39, 0.29) is 6.10 Å². The molecule has 2 rings (SSSR count). The van der Waals surface area contributed by atoms with E-state index in [0.29, 0.717) is 22.9 Å². The standard InChI is InChI=1S/C13H20N2O4S/c1-4-19-13(16)11-9(14)10(18-3)12(20-11)15-6-5-8(7-15)17-2/h8H,4-7,14H2,1-3H3. The van der Waals surface area contributed by atoms with Crippen LogP contribution in [0.2, 0.25) is 0 Å². The van der Waals surface area contributed by atoms with Crippen molar-refractivity contribution in [3.8, 4) is 5.75 Å². The van der Waals surface area contributed by atoms with E-state index in [1.165, 1.54) is 11.3 Å². The molecule has 1 fully saturated rings. The Balaban J connectivity index is 2.29. The average molecular weight is 300 g/mol. The molecular weight excluding hydrogens is 280 g/mol. The van der Waals surface area contributed by atoms with Crippen molar-refractivity contribution in [1.29, 1.82) is 0 Å². The molecule has 0 bridgehead atoms. The first-order valence-electron chi connectivity index (χ1n) is 6.53. The monoisotopic (exact) mass is 300 g/mol. The molecule has 1 unspecified atom stereocenters. The van der Waals surface area contributed by atoms with Crippen LogP contribution in [-0.4, -0.2) is 46.0 Å². The third kappa shape index (κ3) is 2.69. The SMILES string of the molecule is CCOC(=O)c1sc(N2CCC(OC)C2)c(OC)c1N. The Kier molecular flexibility index (Phi) is 4.72. The summed E-state index contributed by atoms with van der Waals surface area (Å²) in [5.41, 5.74) is 6.36. The van der Waals surface area contributed by atoms with Gasteiger partial charge in [-0.1, -0.05) is 0 Å². The van der Waals surface area contributed by atoms with Crippen LogP contribution in [0.3, 0.4) is 0 Å². The number of carbonyl (C=O) groups excluding carboxylic acids is 1. The Morgan fingerprint density at radius 3 is 2.80 bits per heavy atom. The van der Waals surface area contributed by atoms with Gasteiger partial charge in [0.2, 0.25) is 0 Å². The molecule has 1 aromatic rings. The molecule has 1 saturated heterocycles. The zero-order valence-electron chi connectivity index (χ0n) is 12.0. The van der Waals surface area contributed by atoms with Gasteiger partial charge in [-0.25, -0.2) is 4.79 Å². The first kappa shape index (κ1) is 14.9. The number of ether oxygens (including phenoxy) is 3. The number of methoxy groups -OCH3 is 2. The smallest absolute Gasteiger partial charge is 0.350 e. The number of nitrogens with two attached hydrogens (primary N) is 1. The number of thiophene rings is 1. The summed E-state index contributed by atoms with van der Waals surface area (Å²) in [5, 5.41) is 0.868. The van der Waals surface area contributed by atoms with Crippen molar-refractivity contribution < 1.29 is 19.0 Å². The maximum atomic E-state index is 11.9. The number of nitrogens with zero attached hydrogens (tertiary/aromatic N) is 1. The number of esters is 1. The summed E-state index contributed by atoms with van der Waals surface area (Å²) in [6.45, 7) is 3.72. The van der Waals surface area contributed by atoms with Gasteiger partial charge in [0, 0.05) is 20.2 Å². The van der Waals surface area contributed by atoms with Crippen molar-refractivity contribution in [3.05, 3.63) is 4.88 Å². The lowest BCUT2D eigenvalue weighted by Crippen LogP contribution is -2.21. The van der Waals surface area contributed by atoms with Crippen LogP contribution in [0.25, 0.3) is 0 Å². The summed E-state index contributed by atoms with van der Waals surface area (Å²) in [6, 6.07) is 0. The third-order valence-corrected chi connectivity index (χ3v) is 4.54. The molecule has 2 heterocycles. The van der Waals surface area contributed by atoms with Crippen LogP contribution in [0, 0.1) is 0 Å². The Morgan fingerprint density at radius 1 is 1.50 bits per heavy atom. The van der Waals surface area contributed by atoms with Gasteiger partial charge >= 0.3 is 5.97 Å². The van der Waals surface area contributed by atoms with Gasteiger partial charge in [0.25, 0.3) is 0 Å². The lowest BCUT2D eigenvalue weighted by atomic mass is 10.3. The highest BCUT2D eigenvalue weighted by molar-refractivity contribution is 7.19. The van der Waals surface area contributed by atoms with E-state index in [4.69, 9.17) is 19.9 Å². The molecule has 0 aromatic carbocycles. The molecule has 6 nitrogen and oxygen atoms in total. The molecule has 0 saturated carbocycles. The highest BCUT2D eigenvalue weighted by Gasteiger charge is 2.30. The van der Waals surface area contributed by atoms with E-state index in [1.54, 1.807) is 21.1 Å². The van der Waals surface area contributed by atoms with E-state index in [1.807, 2.05) is 0 Å². The molecule has 0 spiro atoms. The molecule has 0 aliphatic carbocycles. The second-order valence-electron chi connectivity index (χ2n) is 4.50. The first-order valence-corrected chi connectivity index (χ1v) is 7.35. The van der Waals surface area contributed by atoms with Crippen LogP contribution in [0.5, 0.6) is 5.75 Å². The van der Waals surface area contributed by atoms with Crippen molar-refractivity contribution >= 4 is 28.0 Å². The molecule has 1 aliphatic heterocycles. The minimum atomic E-state index is -0.401. The number of anilines is 2. The number of hydrogen-bond acceptors (Lipinski definition) is 7. The summed E-state index contributed by atoms with van der Waals surface area (Å²) in [5.74, 6) is 0.150. The van der Waals surface area contributed by atoms with Crippen LogP contribution < -0.4 is 15.4 Å². The summed E-state index contributed by atoms with van der Waals surface area (Å²) in [4.78, 5) is 14.4. The Bertz CT molecular complexity index is 489. The lowest BCUT2D eigenvalue weighted by Gasteiger charge is -2.17. The van der Waals surface area contributed by atoms with Crippen LogP contribution in [0.1, 0.15) is 23.0 Å². The molecule has 1 atom stereocenters. The van der Waals surface area contributed by atoms with Gasteiger partial charge in [-0.2, -0.15) is 0 Å². The fourth-order valence-electron chi connectivity index (χ4n) is 2.28. The first-order chi connectivity index (χ1) is 9.62. The lowest BCUT2D eigenvalue weighted by molar-refractivity contribution is 0.0533. The predicted octanol–water partition coefficient (Wildman–Crippen LogP) is 1.74. The largest absolute Gasteiger partial charge is 0.492 e. The zero-order chi connectivity index (χ0) is 14.7.